The number of aromatic nitrogens is 3. The highest BCUT2D eigenvalue weighted by molar-refractivity contribution is 6.32. The van der Waals surface area contributed by atoms with Crippen LogP contribution in [-0.2, 0) is 0 Å². The van der Waals surface area contributed by atoms with Crippen LogP contribution >= 0.6 is 11.6 Å². The first kappa shape index (κ1) is 24.5. The van der Waals surface area contributed by atoms with Crippen molar-refractivity contribution in [3.8, 4) is 45.3 Å². The third-order valence-electron chi connectivity index (χ3n) is 7.60. The molecule has 8 aromatic rings. The molecule has 42 heavy (non-hydrogen) atoms. The number of hydrogen-bond donors (Lipinski definition) is 0. The summed E-state index contributed by atoms with van der Waals surface area (Å²) in [5.41, 5.74) is 6.50. The van der Waals surface area contributed by atoms with Crippen molar-refractivity contribution < 1.29 is 4.42 Å². The summed E-state index contributed by atoms with van der Waals surface area (Å²) in [5.74, 6) is 1.89. The summed E-state index contributed by atoms with van der Waals surface area (Å²) in [6.07, 6.45) is 0. The van der Waals surface area contributed by atoms with Gasteiger partial charge in [0.15, 0.2) is 17.5 Å². The molecule has 0 saturated carbocycles. The monoisotopic (exact) mass is 559 g/mol. The summed E-state index contributed by atoms with van der Waals surface area (Å²) in [5, 5.41) is 4.85. The summed E-state index contributed by atoms with van der Waals surface area (Å²) >= 11 is 6.64. The molecule has 0 aliphatic rings. The van der Waals surface area contributed by atoms with Gasteiger partial charge in [-0.2, -0.15) is 0 Å². The summed E-state index contributed by atoms with van der Waals surface area (Å²) in [4.78, 5) is 14.8. The van der Waals surface area contributed by atoms with Gasteiger partial charge in [-0.25, -0.2) is 15.0 Å². The molecule has 8 rings (SSSR count). The fraction of sp³-hybridized carbons (Fsp3) is 0. The smallest absolute Gasteiger partial charge is 0.164 e. The maximum atomic E-state index is 6.64. The van der Waals surface area contributed by atoms with Gasteiger partial charge in [0.2, 0.25) is 0 Å². The van der Waals surface area contributed by atoms with Crippen molar-refractivity contribution in [1.29, 1.82) is 0 Å². The molecule has 0 N–H and O–H groups in total. The average Bonchev–Trinajstić information content (AvgIpc) is 3.43. The molecule has 0 unspecified atom stereocenters. The summed E-state index contributed by atoms with van der Waals surface area (Å²) in [6, 6.07) is 44.7. The lowest BCUT2D eigenvalue weighted by atomic mass is 9.92. The van der Waals surface area contributed by atoms with E-state index in [1.807, 2.05) is 97.1 Å². The Bertz CT molecular complexity index is 2200. The highest BCUT2D eigenvalue weighted by Crippen LogP contribution is 2.42. The molecular formula is C37H22ClN3O. The molecular weight excluding hydrogens is 538 g/mol. The van der Waals surface area contributed by atoms with Gasteiger partial charge < -0.3 is 4.42 Å². The predicted molar refractivity (Wildman–Crippen MR) is 171 cm³/mol. The fourth-order valence-electron chi connectivity index (χ4n) is 5.69. The van der Waals surface area contributed by atoms with Gasteiger partial charge in [-0.15, -0.1) is 0 Å². The second-order valence-electron chi connectivity index (χ2n) is 10.2. The number of hydrogen-bond acceptors (Lipinski definition) is 4. The second kappa shape index (κ2) is 9.95. The Hall–Kier alpha value is -5.32. The van der Waals surface area contributed by atoms with Crippen LogP contribution in [0.2, 0.25) is 5.02 Å². The molecule has 4 nitrogen and oxygen atoms in total. The van der Waals surface area contributed by atoms with Crippen LogP contribution < -0.4 is 0 Å². The highest BCUT2D eigenvalue weighted by atomic mass is 35.5. The van der Waals surface area contributed by atoms with Gasteiger partial charge in [0.25, 0.3) is 0 Å². The maximum Gasteiger partial charge on any atom is 0.164 e. The first-order valence-electron chi connectivity index (χ1n) is 13.7. The molecule has 5 heteroatoms. The molecule has 198 valence electrons. The normalized spacial score (nSPS) is 11.5. The maximum absolute atomic E-state index is 6.64. The van der Waals surface area contributed by atoms with E-state index in [-0.39, 0.29) is 0 Å². The van der Waals surface area contributed by atoms with Crippen LogP contribution in [0.5, 0.6) is 0 Å². The van der Waals surface area contributed by atoms with Crippen LogP contribution in [0.3, 0.4) is 0 Å². The van der Waals surface area contributed by atoms with Crippen LogP contribution in [0.4, 0.5) is 0 Å². The van der Waals surface area contributed by atoms with E-state index >= 15 is 0 Å². The largest absolute Gasteiger partial charge is 0.456 e. The number of para-hydroxylation sites is 1. The first-order chi connectivity index (χ1) is 20.7. The zero-order valence-electron chi connectivity index (χ0n) is 22.3. The predicted octanol–water partition coefficient (Wildman–Crippen LogP) is 10.2. The zero-order valence-corrected chi connectivity index (χ0v) is 23.1. The van der Waals surface area contributed by atoms with E-state index in [0.29, 0.717) is 22.5 Å². The van der Waals surface area contributed by atoms with Crippen LogP contribution in [-0.4, -0.2) is 15.0 Å². The van der Waals surface area contributed by atoms with Crippen molar-refractivity contribution in [1.82, 2.24) is 15.0 Å². The molecule has 0 amide bonds. The lowest BCUT2D eigenvalue weighted by molar-refractivity contribution is 0.669. The van der Waals surface area contributed by atoms with Gasteiger partial charge in [0, 0.05) is 38.6 Å². The quantitative estimate of drug-likeness (QED) is 0.215. The molecule has 2 heterocycles. The summed E-state index contributed by atoms with van der Waals surface area (Å²) < 4.78 is 6.20. The van der Waals surface area contributed by atoms with Crippen LogP contribution in [0.25, 0.3) is 78.0 Å². The minimum Gasteiger partial charge on any atom is -0.456 e. The van der Waals surface area contributed by atoms with E-state index in [9.17, 15) is 0 Å². The van der Waals surface area contributed by atoms with Crippen LogP contribution in [0.15, 0.2) is 138 Å². The van der Waals surface area contributed by atoms with Gasteiger partial charge in [0.1, 0.15) is 11.2 Å². The van der Waals surface area contributed by atoms with E-state index in [1.54, 1.807) is 0 Å². The second-order valence-corrected chi connectivity index (χ2v) is 10.6. The van der Waals surface area contributed by atoms with Crippen LogP contribution in [0.1, 0.15) is 0 Å². The van der Waals surface area contributed by atoms with Crippen molar-refractivity contribution in [2.45, 2.75) is 0 Å². The molecule has 0 fully saturated rings. The molecule has 6 aromatic carbocycles. The van der Waals surface area contributed by atoms with Crippen molar-refractivity contribution in [2.75, 3.05) is 0 Å². The standard InChI is InChI=1S/C37H22ClN3O/c38-25-21-31(34-30-17-9-10-18-32(30)42-33(34)22-25)28-19-20-29(27-16-8-7-15-26(27)28)37-40-35(23-11-3-1-4-12-23)39-36(41-37)24-13-5-2-6-14-24/h1-22H. The summed E-state index contributed by atoms with van der Waals surface area (Å²) in [6.45, 7) is 0. The average molecular weight is 560 g/mol. The number of halogens is 1. The number of benzene rings is 6. The van der Waals surface area contributed by atoms with Gasteiger partial charge in [-0.3, -0.25) is 0 Å². The zero-order chi connectivity index (χ0) is 28.0. The van der Waals surface area contributed by atoms with E-state index in [2.05, 4.69) is 36.4 Å². The Kier molecular flexibility index (Phi) is 5.80. The Balaban J connectivity index is 1.39. The molecule has 0 saturated heterocycles. The number of rotatable bonds is 4. The van der Waals surface area contributed by atoms with Gasteiger partial charge in [-0.05, 0) is 40.1 Å². The number of nitrogens with zero attached hydrogens (tertiary/aromatic N) is 3. The molecule has 0 bridgehead atoms. The van der Waals surface area contributed by atoms with Gasteiger partial charge in [0.05, 0.1) is 0 Å². The van der Waals surface area contributed by atoms with Crippen molar-refractivity contribution in [3.05, 3.63) is 138 Å². The minimum atomic E-state index is 0.621. The number of fused-ring (bicyclic) bond motifs is 4. The Morgan fingerprint density at radius 3 is 1.62 bits per heavy atom. The highest BCUT2D eigenvalue weighted by Gasteiger charge is 2.19. The molecule has 0 aliphatic carbocycles. The third kappa shape index (κ3) is 4.12. The Morgan fingerprint density at radius 1 is 0.429 bits per heavy atom. The molecule has 0 radical (unpaired) electrons. The van der Waals surface area contributed by atoms with Gasteiger partial charge >= 0.3 is 0 Å². The van der Waals surface area contributed by atoms with Gasteiger partial charge in [-0.1, -0.05) is 121 Å². The summed E-state index contributed by atoms with van der Waals surface area (Å²) in [7, 11) is 0. The lowest BCUT2D eigenvalue weighted by Gasteiger charge is -2.14. The van der Waals surface area contributed by atoms with E-state index in [1.165, 1.54) is 0 Å². The first-order valence-corrected chi connectivity index (χ1v) is 14.1. The molecule has 0 spiro atoms. The minimum absolute atomic E-state index is 0.621. The topological polar surface area (TPSA) is 51.8 Å². The lowest BCUT2D eigenvalue weighted by Crippen LogP contribution is -2.00. The van der Waals surface area contributed by atoms with Crippen molar-refractivity contribution in [3.63, 3.8) is 0 Å². The van der Waals surface area contributed by atoms with E-state index in [0.717, 1.165) is 60.5 Å². The number of furan rings is 1. The fourth-order valence-corrected chi connectivity index (χ4v) is 5.90. The van der Waals surface area contributed by atoms with E-state index < -0.39 is 0 Å². The van der Waals surface area contributed by atoms with Crippen molar-refractivity contribution >= 4 is 44.3 Å². The van der Waals surface area contributed by atoms with Crippen LogP contribution in [0, 0.1) is 0 Å². The molecule has 2 aromatic heterocycles. The molecule has 0 aliphatic heterocycles. The Morgan fingerprint density at radius 2 is 0.952 bits per heavy atom. The Labute approximate surface area is 246 Å². The van der Waals surface area contributed by atoms with Crippen molar-refractivity contribution in [2.24, 2.45) is 0 Å². The third-order valence-corrected chi connectivity index (χ3v) is 7.82. The molecule has 0 atom stereocenters. The SMILES string of the molecule is Clc1cc(-c2ccc(-c3nc(-c4ccccc4)nc(-c4ccccc4)n3)c3ccccc23)c2c(c1)oc1ccccc12. The van der Waals surface area contributed by atoms with E-state index in [4.69, 9.17) is 31.0 Å².